The second kappa shape index (κ2) is 11.4. The smallest absolute Gasteiger partial charge is 0.434 e. The molecule has 2 aromatic rings. The first-order valence-corrected chi connectivity index (χ1v) is 10.3. The lowest BCUT2D eigenvalue weighted by Gasteiger charge is -2.11. The summed E-state index contributed by atoms with van der Waals surface area (Å²) in [6, 6.07) is 6.09. The average Bonchev–Trinajstić information content (AvgIpc) is 3.17. The van der Waals surface area contributed by atoms with Crippen LogP contribution < -0.4 is 16.0 Å². The highest BCUT2D eigenvalue weighted by Gasteiger charge is 2.33. The van der Waals surface area contributed by atoms with Crippen LogP contribution in [0.5, 0.6) is 5.75 Å². The molecule has 0 fully saturated rings. The second-order valence-corrected chi connectivity index (χ2v) is 7.16. The molecule has 0 saturated carbocycles. The van der Waals surface area contributed by atoms with Crippen LogP contribution in [0.1, 0.15) is 34.4 Å². The Morgan fingerprint density at radius 3 is 2.70 bits per heavy atom. The number of alkyl halides is 3. The van der Waals surface area contributed by atoms with Crippen molar-refractivity contribution in [1.29, 1.82) is 0 Å². The number of guanidine groups is 1. The van der Waals surface area contributed by atoms with Crippen molar-refractivity contribution in [2.45, 2.75) is 25.9 Å². The van der Waals surface area contributed by atoms with E-state index in [1.165, 1.54) is 12.1 Å². The predicted octanol–water partition coefficient (Wildman–Crippen LogP) is 2.79. The zero-order valence-electron chi connectivity index (χ0n) is 16.4. The number of aromatic nitrogens is 1. The van der Waals surface area contributed by atoms with Crippen LogP contribution >= 0.6 is 11.3 Å². The van der Waals surface area contributed by atoms with Crippen molar-refractivity contribution in [3.05, 3.63) is 45.9 Å². The van der Waals surface area contributed by atoms with E-state index >= 15 is 0 Å². The largest absolute Gasteiger partial charge is 0.508 e. The normalized spacial score (nSPS) is 11.9. The first-order valence-electron chi connectivity index (χ1n) is 9.40. The fourth-order valence-corrected chi connectivity index (χ4v) is 3.21. The maximum Gasteiger partial charge on any atom is 0.434 e. The van der Waals surface area contributed by atoms with Crippen LogP contribution in [0.2, 0.25) is 0 Å². The Morgan fingerprint density at radius 1 is 1.23 bits per heavy atom. The molecule has 164 valence electrons. The molecule has 0 unspecified atom stereocenters. The summed E-state index contributed by atoms with van der Waals surface area (Å²) in [6.07, 6.45) is -3.47. The Balaban J connectivity index is 1.72. The summed E-state index contributed by atoms with van der Waals surface area (Å²) in [4.78, 5) is 20.0. The van der Waals surface area contributed by atoms with E-state index in [4.69, 9.17) is 0 Å². The standard InChI is InChI=1S/C19H24F3N5O2S/c1-2-23-18(26-10-7-16-27-15(12-30-16)19(20,21)22)25-9-4-8-24-17(29)13-5-3-6-14(28)11-13/h3,5-6,11-12,28H,2,4,7-10H2,1H3,(H,24,29)(H2,23,25,26). The third-order valence-corrected chi connectivity index (χ3v) is 4.73. The molecule has 0 spiro atoms. The predicted molar refractivity (Wildman–Crippen MR) is 110 cm³/mol. The minimum Gasteiger partial charge on any atom is -0.508 e. The average molecular weight is 443 g/mol. The summed E-state index contributed by atoms with van der Waals surface area (Å²) < 4.78 is 37.7. The van der Waals surface area contributed by atoms with Gasteiger partial charge in [-0.1, -0.05) is 6.07 Å². The van der Waals surface area contributed by atoms with Gasteiger partial charge in [0.25, 0.3) is 5.91 Å². The highest BCUT2D eigenvalue weighted by atomic mass is 32.1. The molecule has 0 bridgehead atoms. The van der Waals surface area contributed by atoms with Crippen LogP contribution in [-0.4, -0.2) is 48.1 Å². The van der Waals surface area contributed by atoms with E-state index in [0.29, 0.717) is 55.6 Å². The fraction of sp³-hybridized carbons (Fsp3) is 0.421. The fourth-order valence-electron chi connectivity index (χ4n) is 2.41. The van der Waals surface area contributed by atoms with Crippen LogP contribution in [0.4, 0.5) is 13.2 Å². The molecule has 0 aliphatic rings. The van der Waals surface area contributed by atoms with E-state index in [0.717, 1.165) is 16.7 Å². The van der Waals surface area contributed by atoms with Gasteiger partial charge in [-0.25, -0.2) is 4.98 Å². The van der Waals surface area contributed by atoms with Crippen molar-refractivity contribution in [2.75, 3.05) is 26.2 Å². The van der Waals surface area contributed by atoms with E-state index in [9.17, 15) is 23.1 Å². The monoisotopic (exact) mass is 443 g/mol. The van der Waals surface area contributed by atoms with Crippen molar-refractivity contribution in [1.82, 2.24) is 20.9 Å². The summed E-state index contributed by atoms with van der Waals surface area (Å²) in [5.41, 5.74) is -0.486. The minimum atomic E-state index is -4.42. The van der Waals surface area contributed by atoms with Gasteiger partial charge in [0, 0.05) is 43.5 Å². The molecule has 1 heterocycles. The maximum atomic E-state index is 12.6. The molecule has 0 aliphatic carbocycles. The van der Waals surface area contributed by atoms with E-state index < -0.39 is 11.9 Å². The number of thiazole rings is 1. The number of phenols is 1. The molecule has 4 N–H and O–H groups in total. The molecular weight excluding hydrogens is 419 g/mol. The van der Waals surface area contributed by atoms with Gasteiger partial charge >= 0.3 is 6.18 Å². The number of amides is 1. The van der Waals surface area contributed by atoms with Crippen LogP contribution in [0.15, 0.2) is 34.6 Å². The minimum absolute atomic E-state index is 0.0287. The van der Waals surface area contributed by atoms with Crippen LogP contribution in [0.3, 0.4) is 0 Å². The number of hydrogen-bond acceptors (Lipinski definition) is 5. The van der Waals surface area contributed by atoms with E-state index in [1.807, 2.05) is 6.92 Å². The van der Waals surface area contributed by atoms with Gasteiger partial charge in [-0.3, -0.25) is 9.79 Å². The number of phenolic OH excluding ortho intramolecular Hbond substituents is 1. The van der Waals surface area contributed by atoms with Crippen LogP contribution in [-0.2, 0) is 12.6 Å². The van der Waals surface area contributed by atoms with Gasteiger partial charge in [-0.15, -0.1) is 11.3 Å². The molecule has 0 aliphatic heterocycles. The number of nitrogens with zero attached hydrogens (tertiary/aromatic N) is 2. The van der Waals surface area contributed by atoms with Gasteiger partial charge < -0.3 is 21.1 Å². The lowest BCUT2D eigenvalue weighted by atomic mass is 10.2. The Labute approximate surface area is 176 Å². The van der Waals surface area contributed by atoms with Crippen molar-refractivity contribution in [3.8, 4) is 5.75 Å². The number of halogens is 3. The number of hydrogen-bond donors (Lipinski definition) is 4. The quantitative estimate of drug-likeness (QED) is 0.271. The molecule has 1 amide bonds. The first kappa shape index (κ1) is 23.5. The summed E-state index contributed by atoms with van der Waals surface area (Å²) in [5.74, 6) is 0.298. The van der Waals surface area contributed by atoms with E-state index in [-0.39, 0.29) is 11.7 Å². The molecular formula is C19H24F3N5O2S. The molecule has 11 heteroatoms. The van der Waals surface area contributed by atoms with Gasteiger partial charge in [0.2, 0.25) is 0 Å². The molecule has 0 saturated heterocycles. The summed E-state index contributed by atoms with van der Waals surface area (Å²) in [6.45, 7) is 3.80. The topological polar surface area (TPSA) is 98.6 Å². The second-order valence-electron chi connectivity index (χ2n) is 6.22. The van der Waals surface area contributed by atoms with Gasteiger partial charge in [-0.05, 0) is 31.5 Å². The highest BCUT2D eigenvalue weighted by Crippen LogP contribution is 2.29. The molecule has 30 heavy (non-hydrogen) atoms. The van der Waals surface area contributed by atoms with Gasteiger partial charge in [-0.2, -0.15) is 13.2 Å². The molecule has 7 nitrogen and oxygen atoms in total. The Kier molecular flexibility index (Phi) is 8.90. The van der Waals surface area contributed by atoms with Gasteiger partial charge in [0.05, 0.1) is 5.01 Å². The Hall–Kier alpha value is -2.82. The first-order chi connectivity index (χ1) is 14.3. The number of carbonyl (C=O) groups is 1. The third-order valence-electron chi connectivity index (χ3n) is 3.82. The summed E-state index contributed by atoms with van der Waals surface area (Å²) >= 11 is 0.980. The zero-order chi connectivity index (χ0) is 22.0. The molecule has 0 radical (unpaired) electrons. The number of aromatic hydroxyl groups is 1. The summed E-state index contributed by atoms with van der Waals surface area (Å²) in [7, 11) is 0. The van der Waals surface area contributed by atoms with E-state index in [2.05, 4.69) is 25.9 Å². The number of nitrogens with one attached hydrogen (secondary N) is 3. The van der Waals surface area contributed by atoms with Crippen molar-refractivity contribution in [2.24, 2.45) is 4.99 Å². The Morgan fingerprint density at radius 2 is 2.03 bits per heavy atom. The number of benzene rings is 1. The van der Waals surface area contributed by atoms with Crippen LogP contribution in [0, 0.1) is 0 Å². The zero-order valence-corrected chi connectivity index (χ0v) is 17.2. The summed E-state index contributed by atoms with van der Waals surface area (Å²) in [5, 5.41) is 19.7. The van der Waals surface area contributed by atoms with Gasteiger partial charge in [0.15, 0.2) is 11.7 Å². The van der Waals surface area contributed by atoms with Crippen molar-refractivity contribution in [3.63, 3.8) is 0 Å². The Bertz CT molecular complexity index is 855. The van der Waals surface area contributed by atoms with Crippen LogP contribution in [0.25, 0.3) is 0 Å². The molecule has 1 aromatic heterocycles. The molecule has 0 atom stereocenters. The van der Waals surface area contributed by atoms with E-state index in [1.54, 1.807) is 12.1 Å². The highest BCUT2D eigenvalue weighted by molar-refractivity contribution is 7.09. The molecule has 1 aromatic carbocycles. The SMILES string of the molecule is CCNC(=NCCCNC(=O)c1cccc(O)c1)NCCc1nc(C(F)(F)F)cs1. The lowest BCUT2D eigenvalue weighted by molar-refractivity contribution is -0.140. The third kappa shape index (κ3) is 7.90. The van der Waals surface area contributed by atoms with Gasteiger partial charge in [0.1, 0.15) is 5.75 Å². The number of rotatable bonds is 9. The molecule has 2 rings (SSSR count). The lowest BCUT2D eigenvalue weighted by Crippen LogP contribution is -2.38. The maximum absolute atomic E-state index is 12.6. The van der Waals surface area contributed by atoms with Crippen molar-refractivity contribution >= 4 is 23.2 Å². The number of carbonyl (C=O) groups excluding carboxylic acids is 1. The van der Waals surface area contributed by atoms with Crippen molar-refractivity contribution < 1.29 is 23.1 Å². The number of aliphatic imine (C=N–C) groups is 1.